The predicted molar refractivity (Wildman–Crippen MR) is 76.9 cm³/mol. The van der Waals surface area contributed by atoms with Gasteiger partial charge in [0, 0.05) is 11.6 Å². The molecule has 5 heteroatoms. The lowest BCUT2D eigenvalue weighted by atomic mass is 10.00. The summed E-state index contributed by atoms with van der Waals surface area (Å²) < 4.78 is 5.26. The number of amides is 1. The molecule has 0 fully saturated rings. The van der Waals surface area contributed by atoms with Crippen molar-refractivity contribution in [3.8, 4) is 5.75 Å². The Hall–Kier alpha value is -1.88. The van der Waals surface area contributed by atoms with Gasteiger partial charge in [-0.3, -0.25) is 4.79 Å². The second-order valence-electron chi connectivity index (χ2n) is 4.24. The Morgan fingerprint density at radius 1 is 1.37 bits per heavy atom. The zero-order valence-electron chi connectivity index (χ0n) is 11.2. The van der Waals surface area contributed by atoms with Gasteiger partial charge >= 0.3 is 0 Å². The molecule has 0 bridgehead atoms. The van der Waals surface area contributed by atoms with Crippen LogP contribution in [0.1, 0.15) is 16.7 Å². The molecule has 0 saturated heterocycles. The van der Waals surface area contributed by atoms with Gasteiger partial charge in [0.05, 0.1) is 13.5 Å². The molecule has 1 aromatic carbocycles. The maximum atomic E-state index is 11.9. The zero-order chi connectivity index (χ0) is 13.8. The summed E-state index contributed by atoms with van der Waals surface area (Å²) in [6.45, 7) is 4.00. The van der Waals surface area contributed by atoms with Crippen LogP contribution < -0.4 is 10.1 Å². The zero-order valence-corrected chi connectivity index (χ0v) is 12.0. The van der Waals surface area contributed by atoms with Crippen molar-refractivity contribution >= 4 is 22.4 Å². The smallest absolute Gasteiger partial charge is 0.230 e. The van der Waals surface area contributed by atoms with E-state index in [1.807, 2.05) is 31.4 Å². The fourth-order valence-corrected chi connectivity index (χ4v) is 2.43. The highest BCUT2D eigenvalue weighted by atomic mass is 32.1. The fourth-order valence-electron chi connectivity index (χ4n) is 1.89. The Morgan fingerprint density at radius 2 is 2.16 bits per heavy atom. The van der Waals surface area contributed by atoms with Gasteiger partial charge < -0.3 is 10.1 Å². The molecule has 0 unspecified atom stereocenters. The van der Waals surface area contributed by atoms with Crippen molar-refractivity contribution in [2.75, 3.05) is 12.4 Å². The molecular formula is C14H16N2O2S. The first-order chi connectivity index (χ1) is 9.11. The number of thiazole rings is 1. The number of carbonyl (C=O) groups excluding carboxylic acids is 1. The monoisotopic (exact) mass is 276 g/mol. The molecule has 0 aliphatic carbocycles. The highest BCUT2D eigenvalue weighted by Crippen LogP contribution is 2.24. The van der Waals surface area contributed by atoms with Crippen LogP contribution in [0.2, 0.25) is 0 Å². The van der Waals surface area contributed by atoms with E-state index < -0.39 is 0 Å². The number of anilines is 1. The second kappa shape index (κ2) is 5.84. The van der Waals surface area contributed by atoms with Crippen LogP contribution in [-0.4, -0.2) is 18.0 Å². The number of nitrogens with zero attached hydrogens (tertiary/aromatic N) is 1. The predicted octanol–water partition coefficient (Wildman–Crippen LogP) is 2.95. The number of ether oxygens (including phenoxy) is 1. The largest absolute Gasteiger partial charge is 0.496 e. The van der Waals surface area contributed by atoms with Crippen molar-refractivity contribution in [1.29, 1.82) is 0 Å². The lowest BCUT2D eigenvalue weighted by Crippen LogP contribution is -2.15. The molecule has 0 aliphatic heterocycles. The molecule has 0 saturated carbocycles. The first kappa shape index (κ1) is 13.5. The van der Waals surface area contributed by atoms with E-state index in [9.17, 15) is 4.79 Å². The number of methoxy groups -OCH3 is 1. The van der Waals surface area contributed by atoms with E-state index >= 15 is 0 Å². The molecule has 19 heavy (non-hydrogen) atoms. The molecule has 100 valence electrons. The highest BCUT2D eigenvalue weighted by molar-refractivity contribution is 7.13. The van der Waals surface area contributed by atoms with Crippen LogP contribution in [0.4, 0.5) is 5.13 Å². The van der Waals surface area contributed by atoms with Gasteiger partial charge in [0.15, 0.2) is 5.13 Å². The van der Waals surface area contributed by atoms with Gasteiger partial charge in [-0.2, -0.15) is 0 Å². The van der Waals surface area contributed by atoms with Crippen molar-refractivity contribution in [3.63, 3.8) is 0 Å². The van der Waals surface area contributed by atoms with Crippen LogP contribution in [0.3, 0.4) is 0 Å². The Balaban J connectivity index is 2.11. The number of carbonyl (C=O) groups is 1. The van der Waals surface area contributed by atoms with E-state index in [-0.39, 0.29) is 5.91 Å². The van der Waals surface area contributed by atoms with E-state index in [0.717, 1.165) is 22.4 Å². The molecule has 0 atom stereocenters. The normalized spacial score (nSPS) is 10.3. The van der Waals surface area contributed by atoms with Crippen LogP contribution in [0.25, 0.3) is 0 Å². The number of hydrogen-bond acceptors (Lipinski definition) is 4. The van der Waals surface area contributed by atoms with Crippen LogP contribution in [-0.2, 0) is 11.2 Å². The molecule has 0 radical (unpaired) electrons. The van der Waals surface area contributed by atoms with Crippen molar-refractivity contribution in [2.45, 2.75) is 20.3 Å². The number of hydrogen-bond donors (Lipinski definition) is 1. The third kappa shape index (κ3) is 3.12. The molecule has 2 rings (SSSR count). The van der Waals surface area contributed by atoms with Gasteiger partial charge in [-0.15, -0.1) is 11.3 Å². The molecule has 0 aliphatic rings. The summed E-state index contributed by atoms with van der Waals surface area (Å²) in [6.07, 6.45) is 2.01. The van der Waals surface area contributed by atoms with Gasteiger partial charge in [0.25, 0.3) is 0 Å². The van der Waals surface area contributed by atoms with Gasteiger partial charge in [-0.25, -0.2) is 4.98 Å². The Kier molecular flexibility index (Phi) is 4.16. The Bertz CT molecular complexity index is 579. The summed E-state index contributed by atoms with van der Waals surface area (Å²) in [5, 5.41) is 5.25. The third-order valence-electron chi connectivity index (χ3n) is 3.10. The second-order valence-corrected chi connectivity index (χ2v) is 5.13. The van der Waals surface area contributed by atoms with Crippen LogP contribution in [0, 0.1) is 13.8 Å². The molecule has 4 nitrogen and oxygen atoms in total. The molecule has 1 aromatic heterocycles. The van der Waals surface area contributed by atoms with E-state index in [0.29, 0.717) is 11.6 Å². The van der Waals surface area contributed by atoms with E-state index in [1.54, 1.807) is 13.3 Å². The first-order valence-corrected chi connectivity index (χ1v) is 6.82. The Labute approximate surface area is 116 Å². The number of rotatable bonds is 4. The maximum absolute atomic E-state index is 11.9. The van der Waals surface area contributed by atoms with Crippen LogP contribution in [0.5, 0.6) is 5.75 Å². The molecule has 1 amide bonds. The topological polar surface area (TPSA) is 51.2 Å². The van der Waals surface area contributed by atoms with E-state index in [4.69, 9.17) is 4.74 Å². The average Bonchev–Trinajstić information content (AvgIpc) is 2.88. The summed E-state index contributed by atoms with van der Waals surface area (Å²) in [5.41, 5.74) is 3.17. The van der Waals surface area contributed by atoms with Crippen molar-refractivity contribution in [1.82, 2.24) is 4.98 Å². The SMILES string of the molecule is COc1ccc(CC(=O)Nc2nccs2)c(C)c1C. The molecule has 1 N–H and O–H groups in total. The average molecular weight is 276 g/mol. The van der Waals surface area contributed by atoms with E-state index in [2.05, 4.69) is 10.3 Å². The summed E-state index contributed by atoms with van der Waals surface area (Å²) in [4.78, 5) is 16.0. The summed E-state index contributed by atoms with van der Waals surface area (Å²) >= 11 is 1.41. The van der Waals surface area contributed by atoms with Crippen LogP contribution >= 0.6 is 11.3 Å². The summed E-state index contributed by atoms with van der Waals surface area (Å²) in [6, 6.07) is 3.83. The minimum Gasteiger partial charge on any atom is -0.496 e. The first-order valence-electron chi connectivity index (χ1n) is 5.94. The molecule has 1 heterocycles. The lowest BCUT2D eigenvalue weighted by Gasteiger charge is -2.12. The standard InChI is InChI=1S/C14H16N2O2S/c1-9-10(2)12(18-3)5-4-11(9)8-13(17)16-14-15-6-7-19-14/h4-7H,8H2,1-3H3,(H,15,16,17). The van der Waals surface area contributed by atoms with Gasteiger partial charge in [-0.05, 0) is 36.6 Å². The van der Waals surface area contributed by atoms with Crippen LogP contribution in [0.15, 0.2) is 23.7 Å². The minimum atomic E-state index is -0.0531. The van der Waals surface area contributed by atoms with Crippen molar-refractivity contribution in [3.05, 3.63) is 40.4 Å². The summed E-state index contributed by atoms with van der Waals surface area (Å²) in [5.74, 6) is 0.796. The molecule has 2 aromatic rings. The molecule has 0 spiro atoms. The van der Waals surface area contributed by atoms with Crippen molar-refractivity contribution in [2.24, 2.45) is 0 Å². The van der Waals surface area contributed by atoms with E-state index in [1.165, 1.54) is 11.3 Å². The van der Waals surface area contributed by atoms with Gasteiger partial charge in [0.1, 0.15) is 5.75 Å². The van der Waals surface area contributed by atoms with Gasteiger partial charge in [-0.1, -0.05) is 6.07 Å². The van der Waals surface area contributed by atoms with Gasteiger partial charge in [0.2, 0.25) is 5.91 Å². The molecular weight excluding hydrogens is 260 g/mol. The number of benzene rings is 1. The number of nitrogens with one attached hydrogen (secondary N) is 1. The highest BCUT2D eigenvalue weighted by Gasteiger charge is 2.11. The Morgan fingerprint density at radius 3 is 2.79 bits per heavy atom. The fraction of sp³-hybridized carbons (Fsp3) is 0.286. The van der Waals surface area contributed by atoms with Crippen molar-refractivity contribution < 1.29 is 9.53 Å². The minimum absolute atomic E-state index is 0.0531. The maximum Gasteiger partial charge on any atom is 0.230 e. The lowest BCUT2D eigenvalue weighted by molar-refractivity contribution is -0.115. The number of aromatic nitrogens is 1. The quantitative estimate of drug-likeness (QED) is 0.934. The summed E-state index contributed by atoms with van der Waals surface area (Å²) in [7, 11) is 1.65. The third-order valence-corrected chi connectivity index (χ3v) is 3.79.